The Balaban J connectivity index is 1.97. The highest BCUT2D eigenvalue weighted by Crippen LogP contribution is 2.19. The lowest BCUT2D eigenvalue weighted by Crippen LogP contribution is -1.96. The summed E-state index contributed by atoms with van der Waals surface area (Å²) in [6.07, 6.45) is 3.42. The fourth-order valence-corrected chi connectivity index (χ4v) is 2.01. The van der Waals surface area contributed by atoms with Crippen LogP contribution in [0.4, 0.5) is 0 Å². The second-order valence-corrected chi connectivity index (χ2v) is 4.81. The van der Waals surface area contributed by atoms with E-state index in [4.69, 9.17) is 9.84 Å². The maximum absolute atomic E-state index is 10.4. The molecule has 0 heterocycles. The molecular formula is C18H18O3. The van der Waals surface area contributed by atoms with Crippen molar-refractivity contribution in [1.82, 2.24) is 0 Å². The first-order valence-corrected chi connectivity index (χ1v) is 6.81. The molecule has 3 nitrogen and oxygen atoms in total. The van der Waals surface area contributed by atoms with Gasteiger partial charge in [-0.2, -0.15) is 0 Å². The molecule has 3 heteroatoms. The van der Waals surface area contributed by atoms with Crippen molar-refractivity contribution in [3.63, 3.8) is 0 Å². The van der Waals surface area contributed by atoms with Crippen molar-refractivity contribution in [1.29, 1.82) is 0 Å². The van der Waals surface area contributed by atoms with Crippen molar-refractivity contribution in [2.75, 3.05) is 0 Å². The van der Waals surface area contributed by atoms with Crippen LogP contribution in [0.1, 0.15) is 16.7 Å². The van der Waals surface area contributed by atoms with Gasteiger partial charge in [0.25, 0.3) is 0 Å². The van der Waals surface area contributed by atoms with Gasteiger partial charge in [-0.1, -0.05) is 42.5 Å². The lowest BCUT2D eigenvalue weighted by atomic mass is 10.1. The Morgan fingerprint density at radius 3 is 2.62 bits per heavy atom. The van der Waals surface area contributed by atoms with Gasteiger partial charge in [-0.05, 0) is 42.2 Å². The molecule has 0 aliphatic carbocycles. The maximum atomic E-state index is 10.4. The van der Waals surface area contributed by atoms with Gasteiger partial charge in [0.05, 0.1) is 0 Å². The Kier molecular flexibility index (Phi) is 5.16. The number of benzene rings is 2. The highest BCUT2D eigenvalue weighted by Gasteiger charge is 2.01. The van der Waals surface area contributed by atoms with Gasteiger partial charge in [-0.25, -0.2) is 4.79 Å². The average molecular weight is 282 g/mol. The van der Waals surface area contributed by atoms with Gasteiger partial charge >= 0.3 is 5.97 Å². The lowest BCUT2D eigenvalue weighted by molar-refractivity contribution is -0.131. The summed E-state index contributed by atoms with van der Waals surface area (Å²) >= 11 is 0. The van der Waals surface area contributed by atoms with Crippen LogP contribution in [-0.2, 0) is 17.8 Å². The molecule has 0 aliphatic rings. The number of carboxylic acids is 1. The fraction of sp³-hybridized carbons (Fsp3) is 0.167. The minimum Gasteiger partial charge on any atom is -0.489 e. The van der Waals surface area contributed by atoms with E-state index in [2.05, 4.69) is 0 Å². The summed E-state index contributed by atoms with van der Waals surface area (Å²) in [5.74, 6) is -0.0993. The summed E-state index contributed by atoms with van der Waals surface area (Å²) in [5.41, 5.74) is 3.32. The molecule has 2 aromatic carbocycles. The number of hydrogen-bond donors (Lipinski definition) is 1. The standard InChI is InChI=1S/C18H18O3/c1-14-12-17(21-13-15-6-3-2-4-7-15)11-10-16(14)8-5-9-18(19)20/h2-7,9-12H,8,13H2,1H3,(H,19,20). The van der Waals surface area contributed by atoms with Gasteiger partial charge in [-0.15, -0.1) is 0 Å². The molecule has 0 fully saturated rings. The summed E-state index contributed by atoms with van der Waals surface area (Å²) in [7, 11) is 0. The topological polar surface area (TPSA) is 46.5 Å². The van der Waals surface area contributed by atoms with Crippen molar-refractivity contribution in [2.45, 2.75) is 20.0 Å². The largest absolute Gasteiger partial charge is 0.489 e. The van der Waals surface area contributed by atoms with Crippen molar-refractivity contribution < 1.29 is 14.6 Å². The Labute approximate surface area is 124 Å². The van der Waals surface area contributed by atoms with Crippen LogP contribution in [0.2, 0.25) is 0 Å². The molecule has 2 aromatic rings. The van der Waals surface area contributed by atoms with Crippen LogP contribution in [0.5, 0.6) is 5.75 Å². The second-order valence-electron chi connectivity index (χ2n) is 4.81. The minimum absolute atomic E-state index is 0.540. The molecule has 2 rings (SSSR count). The summed E-state index contributed by atoms with van der Waals surface area (Å²) in [6.45, 7) is 2.54. The first-order chi connectivity index (χ1) is 10.1. The van der Waals surface area contributed by atoms with E-state index in [-0.39, 0.29) is 0 Å². The van der Waals surface area contributed by atoms with Gasteiger partial charge in [0.15, 0.2) is 0 Å². The molecule has 0 saturated heterocycles. The van der Waals surface area contributed by atoms with E-state index >= 15 is 0 Å². The van der Waals surface area contributed by atoms with E-state index < -0.39 is 5.97 Å². The average Bonchev–Trinajstić information content (AvgIpc) is 2.48. The molecule has 0 bridgehead atoms. The van der Waals surface area contributed by atoms with Gasteiger partial charge in [0.2, 0.25) is 0 Å². The molecule has 0 spiro atoms. The molecule has 108 valence electrons. The third-order valence-corrected chi connectivity index (χ3v) is 3.16. The van der Waals surface area contributed by atoms with Crippen molar-refractivity contribution >= 4 is 5.97 Å². The van der Waals surface area contributed by atoms with Crippen LogP contribution >= 0.6 is 0 Å². The van der Waals surface area contributed by atoms with Crippen molar-refractivity contribution in [3.8, 4) is 5.75 Å². The first kappa shape index (κ1) is 14.9. The predicted molar refractivity (Wildman–Crippen MR) is 82.4 cm³/mol. The predicted octanol–water partition coefficient (Wildman–Crippen LogP) is 3.76. The number of rotatable bonds is 6. The van der Waals surface area contributed by atoms with Crippen LogP contribution in [0.25, 0.3) is 0 Å². The zero-order valence-corrected chi connectivity index (χ0v) is 12.0. The van der Waals surface area contributed by atoms with E-state index in [1.54, 1.807) is 6.08 Å². The maximum Gasteiger partial charge on any atom is 0.327 e. The van der Waals surface area contributed by atoms with Gasteiger partial charge in [-0.3, -0.25) is 0 Å². The molecule has 0 amide bonds. The molecule has 0 atom stereocenters. The number of carbonyl (C=O) groups is 1. The van der Waals surface area contributed by atoms with E-state index in [0.717, 1.165) is 22.4 Å². The molecule has 0 aromatic heterocycles. The minimum atomic E-state index is -0.921. The van der Waals surface area contributed by atoms with Crippen LogP contribution in [0.15, 0.2) is 60.7 Å². The third-order valence-electron chi connectivity index (χ3n) is 3.16. The number of aliphatic carboxylic acids is 1. The van der Waals surface area contributed by atoms with E-state index in [9.17, 15) is 4.79 Å². The summed E-state index contributed by atoms with van der Waals surface area (Å²) in [6, 6.07) is 15.9. The molecule has 0 radical (unpaired) electrons. The summed E-state index contributed by atoms with van der Waals surface area (Å²) in [4.78, 5) is 10.4. The number of carboxylic acid groups (broad SMARTS) is 1. The highest BCUT2D eigenvalue weighted by atomic mass is 16.5. The Bertz CT molecular complexity index is 630. The van der Waals surface area contributed by atoms with Gasteiger partial charge in [0, 0.05) is 6.08 Å². The Morgan fingerprint density at radius 1 is 1.19 bits per heavy atom. The number of aryl methyl sites for hydroxylation is 1. The van der Waals surface area contributed by atoms with Crippen molar-refractivity contribution in [2.24, 2.45) is 0 Å². The first-order valence-electron chi connectivity index (χ1n) is 6.81. The Hall–Kier alpha value is -2.55. The SMILES string of the molecule is Cc1cc(OCc2ccccc2)ccc1CC=CC(=O)O. The quantitative estimate of drug-likeness (QED) is 0.821. The van der Waals surface area contributed by atoms with Crippen LogP contribution < -0.4 is 4.74 Å². The number of allylic oxidation sites excluding steroid dienone is 1. The molecule has 0 saturated carbocycles. The monoisotopic (exact) mass is 282 g/mol. The van der Waals surface area contributed by atoms with Crippen LogP contribution in [0.3, 0.4) is 0 Å². The molecule has 0 unspecified atom stereocenters. The normalized spacial score (nSPS) is 10.7. The third kappa shape index (κ3) is 4.80. The highest BCUT2D eigenvalue weighted by molar-refractivity contribution is 5.79. The van der Waals surface area contributed by atoms with E-state index in [0.29, 0.717) is 13.0 Å². The zero-order valence-electron chi connectivity index (χ0n) is 12.0. The van der Waals surface area contributed by atoms with Gasteiger partial charge in [0.1, 0.15) is 12.4 Å². The Morgan fingerprint density at radius 2 is 1.95 bits per heavy atom. The van der Waals surface area contributed by atoms with Crippen molar-refractivity contribution in [3.05, 3.63) is 77.4 Å². The molecule has 0 aliphatic heterocycles. The summed E-state index contributed by atoms with van der Waals surface area (Å²) in [5, 5.41) is 8.58. The van der Waals surface area contributed by atoms with E-state index in [1.165, 1.54) is 6.08 Å². The molecule has 1 N–H and O–H groups in total. The van der Waals surface area contributed by atoms with Crippen LogP contribution in [-0.4, -0.2) is 11.1 Å². The molecular weight excluding hydrogens is 264 g/mol. The second kappa shape index (κ2) is 7.29. The number of hydrogen-bond acceptors (Lipinski definition) is 2. The smallest absolute Gasteiger partial charge is 0.327 e. The van der Waals surface area contributed by atoms with E-state index in [1.807, 2.05) is 55.5 Å². The molecule has 21 heavy (non-hydrogen) atoms. The summed E-state index contributed by atoms with van der Waals surface area (Å²) < 4.78 is 5.76. The zero-order chi connectivity index (χ0) is 15.1. The van der Waals surface area contributed by atoms with Gasteiger partial charge < -0.3 is 9.84 Å². The lowest BCUT2D eigenvalue weighted by Gasteiger charge is -2.09. The fourth-order valence-electron chi connectivity index (χ4n) is 2.01. The number of ether oxygens (including phenoxy) is 1. The van der Waals surface area contributed by atoms with Crippen LogP contribution in [0, 0.1) is 6.92 Å².